The molecule has 1 unspecified atom stereocenters. The van der Waals surface area contributed by atoms with Gasteiger partial charge in [0.2, 0.25) is 5.91 Å². The fourth-order valence-electron chi connectivity index (χ4n) is 3.79. The van der Waals surface area contributed by atoms with Gasteiger partial charge in [0.1, 0.15) is 0 Å². The van der Waals surface area contributed by atoms with Crippen molar-refractivity contribution in [2.75, 3.05) is 39.5 Å². The summed E-state index contributed by atoms with van der Waals surface area (Å²) in [5, 5.41) is 6.80. The van der Waals surface area contributed by atoms with Crippen molar-refractivity contribution in [2.45, 2.75) is 57.1 Å². The summed E-state index contributed by atoms with van der Waals surface area (Å²) < 4.78 is 0.271. The van der Waals surface area contributed by atoms with Gasteiger partial charge in [0.15, 0.2) is 5.96 Å². The highest BCUT2D eigenvalue weighted by Crippen LogP contribution is 2.39. The Bertz CT molecular complexity index is 452. The molecule has 0 aromatic carbocycles. The first-order valence-electron chi connectivity index (χ1n) is 9.29. The smallest absolute Gasteiger partial charge is 0.230 e. The second-order valence-corrected chi connectivity index (χ2v) is 9.32. The van der Waals surface area contributed by atoms with Crippen molar-refractivity contribution in [2.24, 2.45) is 10.4 Å². The molecule has 1 aliphatic heterocycles. The Morgan fingerprint density at radius 2 is 1.88 bits per heavy atom. The molecule has 0 aromatic heterocycles. The van der Waals surface area contributed by atoms with Gasteiger partial charge >= 0.3 is 0 Å². The summed E-state index contributed by atoms with van der Waals surface area (Å²) in [6.45, 7) is 6.75. The van der Waals surface area contributed by atoms with Gasteiger partial charge in [-0.05, 0) is 45.3 Å². The second-order valence-electron chi connectivity index (χ2n) is 7.64. The van der Waals surface area contributed by atoms with Crippen LogP contribution in [-0.4, -0.2) is 61.0 Å². The van der Waals surface area contributed by atoms with Crippen LogP contribution in [0, 0.1) is 5.41 Å². The molecule has 1 amide bonds. The first-order valence-corrected chi connectivity index (χ1v) is 10.3. The van der Waals surface area contributed by atoms with Crippen molar-refractivity contribution >= 4 is 23.6 Å². The van der Waals surface area contributed by atoms with Crippen molar-refractivity contribution in [3.8, 4) is 0 Å². The lowest BCUT2D eigenvalue weighted by molar-refractivity contribution is -0.138. The molecule has 138 valence electrons. The van der Waals surface area contributed by atoms with Crippen molar-refractivity contribution < 1.29 is 4.79 Å². The van der Waals surface area contributed by atoms with Gasteiger partial charge in [-0.15, -0.1) is 0 Å². The predicted octanol–water partition coefficient (Wildman–Crippen LogP) is 2.48. The quantitative estimate of drug-likeness (QED) is 0.568. The molecule has 0 radical (unpaired) electrons. The fourth-order valence-corrected chi connectivity index (χ4v) is 5.02. The molecule has 2 aliphatic rings. The molecule has 0 spiro atoms. The number of hydrogen-bond acceptors (Lipinski definition) is 3. The zero-order valence-electron chi connectivity index (χ0n) is 15.8. The average molecular weight is 355 g/mol. The largest absolute Gasteiger partial charge is 0.357 e. The molecule has 6 heteroatoms. The maximum Gasteiger partial charge on any atom is 0.230 e. The van der Waals surface area contributed by atoms with Crippen LogP contribution in [0.5, 0.6) is 0 Å². The van der Waals surface area contributed by atoms with Crippen LogP contribution in [-0.2, 0) is 4.79 Å². The van der Waals surface area contributed by atoms with Gasteiger partial charge < -0.3 is 15.5 Å². The Morgan fingerprint density at radius 1 is 1.17 bits per heavy atom. The highest BCUT2D eigenvalue weighted by Gasteiger charge is 2.42. The number of rotatable bonds is 6. The van der Waals surface area contributed by atoms with E-state index < -0.39 is 0 Å². The van der Waals surface area contributed by atoms with E-state index in [9.17, 15) is 4.79 Å². The van der Waals surface area contributed by atoms with Crippen LogP contribution in [0.1, 0.15) is 52.4 Å². The molecular weight excluding hydrogens is 320 g/mol. The monoisotopic (exact) mass is 354 g/mol. The van der Waals surface area contributed by atoms with Gasteiger partial charge in [-0.1, -0.05) is 12.8 Å². The van der Waals surface area contributed by atoms with E-state index in [1.807, 2.05) is 25.9 Å². The summed E-state index contributed by atoms with van der Waals surface area (Å²) >= 11 is 2.03. The van der Waals surface area contributed by atoms with E-state index in [-0.39, 0.29) is 16.1 Å². The van der Waals surface area contributed by atoms with Crippen molar-refractivity contribution in [3.63, 3.8) is 0 Å². The highest BCUT2D eigenvalue weighted by molar-refractivity contribution is 8.00. The Kier molecular flexibility index (Phi) is 6.84. The van der Waals surface area contributed by atoms with E-state index in [1.54, 1.807) is 4.90 Å². The standard InChI is InChI=1S/C18H34N4OS/c1-5-19-16(20-13-17(2)9-8-12-24-17)21-14-18(10-6-7-11-18)15(23)22(3)4/h5-14H2,1-4H3,(H2,19,20,21). The lowest BCUT2D eigenvalue weighted by atomic mass is 9.84. The van der Waals surface area contributed by atoms with Crippen molar-refractivity contribution in [1.82, 2.24) is 15.5 Å². The van der Waals surface area contributed by atoms with Crippen molar-refractivity contribution in [3.05, 3.63) is 0 Å². The Labute approximate surface area is 151 Å². The summed E-state index contributed by atoms with van der Waals surface area (Å²) in [5.41, 5.74) is -0.258. The Morgan fingerprint density at radius 3 is 2.42 bits per heavy atom. The van der Waals surface area contributed by atoms with Gasteiger partial charge in [-0.25, -0.2) is 0 Å². The number of aliphatic imine (C=N–C) groups is 1. The number of nitrogens with zero attached hydrogens (tertiary/aromatic N) is 2. The van der Waals surface area contributed by atoms with Gasteiger partial charge in [0.05, 0.1) is 12.0 Å². The number of amides is 1. The normalized spacial score (nSPS) is 26.4. The molecule has 2 fully saturated rings. The van der Waals surface area contributed by atoms with E-state index in [0.717, 1.165) is 44.7 Å². The molecule has 0 aromatic rings. The first-order chi connectivity index (χ1) is 11.4. The lowest BCUT2D eigenvalue weighted by Crippen LogP contribution is -2.49. The van der Waals surface area contributed by atoms with Crippen LogP contribution in [0.25, 0.3) is 0 Å². The number of guanidine groups is 1. The van der Waals surface area contributed by atoms with Gasteiger partial charge in [0.25, 0.3) is 0 Å². The van der Waals surface area contributed by atoms with Crippen LogP contribution in [0.4, 0.5) is 0 Å². The van der Waals surface area contributed by atoms with Crippen molar-refractivity contribution in [1.29, 1.82) is 0 Å². The minimum Gasteiger partial charge on any atom is -0.357 e. The Hall–Kier alpha value is -0.910. The third kappa shape index (κ3) is 4.80. The van der Waals surface area contributed by atoms with Gasteiger partial charge in [-0.2, -0.15) is 11.8 Å². The molecule has 1 saturated heterocycles. The van der Waals surface area contributed by atoms with Crippen LogP contribution in [0.15, 0.2) is 4.99 Å². The zero-order chi connectivity index (χ0) is 17.6. The maximum absolute atomic E-state index is 12.7. The number of thioether (sulfide) groups is 1. The number of nitrogens with one attached hydrogen (secondary N) is 2. The molecular formula is C18H34N4OS. The number of hydrogen-bond donors (Lipinski definition) is 2. The fraction of sp³-hybridized carbons (Fsp3) is 0.889. The third-order valence-corrected chi connectivity index (χ3v) is 6.75. The minimum absolute atomic E-state index is 0.252. The SMILES string of the molecule is CCNC(=NCC1(C)CCCS1)NCC1(C(=O)N(C)C)CCCC1. The van der Waals surface area contributed by atoms with Crippen LogP contribution in [0.2, 0.25) is 0 Å². The molecule has 24 heavy (non-hydrogen) atoms. The summed E-state index contributed by atoms with van der Waals surface area (Å²) in [4.78, 5) is 19.2. The summed E-state index contributed by atoms with van der Waals surface area (Å²) in [7, 11) is 3.72. The van der Waals surface area contributed by atoms with Crippen LogP contribution >= 0.6 is 11.8 Å². The van der Waals surface area contributed by atoms with E-state index >= 15 is 0 Å². The summed E-state index contributed by atoms with van der Waals surface area (Å²) in [6, 6.07) is 0. The molecule has 2 rings (SSSR count). The third-order valence-electron chi connectivity index (χ3n) is 5.23. The zero-order valence-corrected chi connectivity index (χ0v) is 16.6. The summed E-state index contributed by atoms with van der Waals surface area (Å²) in [6.07, 6.45) is 6.77. The second kappa shape index (κ2) is 8.45. The first kappa shape index (κ1) is 19.4. The molecule has 2 N–H and O–H groups in total. The van der Waals surface area contributed by atoms with E-state index in [1.165, 1.54) is 18.6 Å². The molecule has 1 saturated carbocycles. The van der Waals surface area contributed by atoms with Crippen LogP contribution < -0.4 is 10.6 Å². The predicted molar refractivity (Wildman–Crippen MR) is 104 cm³/mol. The van der Waals surface area contributed by atoms with Gasteiger partial charge in [0, 0.05) is 31.9 Å². The molecule has 0 bridgehead atoms. The summed E-state index contributed by atoms with van der Waals surface area (Å²) in [5.74, 6) is 2.35. The van der Waals surface area contributed by atoms with E-state index in [4.69, 9.17) is 4.99 Å². The number of carbonyl (C=O) groups excluding carboxylic acids is 1. The topological polar surface area (TPSA) is 56.7 Å². The Balaban J connectivity index is 1.99. The lowest BCUT2D eigenvalue weighted by Gasteiger charge is -2.31. The maximum atomic E-state index is 12.7. The average Bonchev–Trinajstić information content (AvgIpc) is 3.20. The molecule has 1 aliphatic carbocycles. The highest BCUT2D eigenvalue weighted by atomic mass is 32.2. The molecule has 1 atom stereocenters. The van der Waals surface area contributed by atoms with Crippen LogP contribution in [0.3, 0.4) is 0 Å². The van der Waals surface area contributed by atoms with Gasteiger partial charge in [-0.3, -0.25) is 9.79 Å². The molecule has 1 heterocycles. The van der Waals surface area contributed by atoms with E-state index in [2.05, 4.69) is 24.5 Å². The minimum atomic E-state index is -0.258. The molecule has 5 nitrogen and oxygen atoms in total. The number of carbonyl (C=O) groups is 1. The van der Waals surface area contributed by atoms with E-state index in [0.29, 0.717) is 6.54 Å².